The molecule has 9 nitrogen and oxygen atoms in total. The maximum atomic E-state index is 13.1. The van der Waals surface area contributed by atoms with Gasteiger partial charge in [-0.2, -0.15) is 4.98 Å². The van der Waals surface area contributed by atoms with Crippen LogP contribution in [0.15, 0.2) is 43.0 Å². The Bertz CT molecular complexity index is 1070. The molecule has 1 amide bonds. The molecule has 0 aliphatic carbocycles. The Balaban J connectivity index is 1.48. The summed E-state index contributed by atoms with van der Waals surface area (Å²) in [4.78, 5) is 24.2. The summed E-state index contributed by atoms with van der Waals surface area (Å²) >= 11 is 5.99. The molecule has 0 spiro atoms. The molecule has 26 heavy (non-hydrogen) atoms. The monoisotopic (exact) mass is 372 g/mol. The predicted molar refractivity (Wildman–Crippen MR) is 89.3 cm³/mol. The average molecular weight is 373 g/mol. The molecule has 0 saturated carbocycles. The van der Waals surface area contributed by atoms with Gasteiger partial charge in [-0.15, -0.1) is 10.2 Å². The number of nitrogens with zero attached hydrogens (tertiary/aromatic N) is 7. The fourth-order valence-electron chi connectivity index (χ4n) is 2.24. The summed E-state index contributed by atoms with van der Waals surface area (Å²) < 4.78 is 15.9. The van der Waals surface area contributed by atoms with Crippen molar-refractivity contribution >= 4 is 29.2 Å². The van der Waals surface area contributed by atoms with E-state index in [4.69, 9.17) is 11.6 Å². The Kier molecular flexibility index (Phi) is 4.01. The van der Waals surface area contributed by atoms with Gasteiger partial charge in [0.2, 0.25) is 11.8 Å². The van der Waals surface area contributed by atoms with Crippen LogP contribution in [0.3, 0.4) is 0 Å². The number of nitrogens with one attached hydrogen (secondary N) is 1. The third-order valence-corrected chi connectivity index (χ3v) is 3.78. The lowest BCUT2D eigenvalue weighted by molar-refractivity contribution is 0.101. The molecule has 4 aromatic rings. The highest BCUT2D eigenvalue weighted by Gasteiger charge is 2.15. The molecular formula is C15H10ClFN8O. The average Bonchev–Trinajstić information content (AvgIpc) is 3.24. The molecule has 0 radical (unpaired) electrons. The number of aromatic nitrogens is 7. The van der Waals surface area contributed by atoms with Gasteiger partial charge in [0.05, 0.1) is 6.54 Å². The van der Waals surface area contributed by atoms with Gasteiger partial charge in [-0.1, -0.05) is 17.7 Å². The molecule has 11 heteroatoms. The molecule has 0 fully saturated rings. The number of anilines is 1. The molecule has 3 heterocycles. The van der Waals surface area contributed by atoms with E-state index in [1.165, 1.54) is 27.7 Å². The summed E-state index contributed by atoms with van der Waals surface area (Å²) in [5.74, 6) is -0.642. The summed E-state index contributed by atoms with van der Waals surface area (Å²) in [6.07, 6.45) is 4.61. The minimum atomic E-state index is -0.562. The Hall–Kier alpha value is -3.40. The number of hydrogen-bond acceptors (Lipinski definition) is 6. The van der Waals surface area contributed by atoms with Crippen molar-refractivity contribution in [1.82, 2.24) is 34.3 Å². The normalized spacial score (nSPS) is 11.0. The van der Waals surface area contributed by atoms with E-state index in [1.54, 1.807) is 24.5 Å². The van der Waals surface area contributed by atoms with Crippen molar-refractivity contribution in [2.45, 2.75) is 6.54 Å². The minimum absolute atomic E-state index is 0.0540. The number of carbonyl (C=O) groups is 1. The van der Waals surface area contributed by atoms with Crippen LogP contribution >= 0.6 is 11.6 Å². The highest BCUT2D eigenvalue weighted by atomic mass is 35.5. The van der Waals surface area contributed by atoms with E-state index >= 15 is 0 Å². The molecule has 130 valence electrons. The van der Waals surface area contributed by atoms with Crippen molar-refractivity contribution < 1.29 is 9.18 Å². The number of benzene rings is 1. The van der Waals surface area contributed by atoms with E-state index in [1.807, 2.05) is 0 Å². The standard InChI is InChI=1S/C15H10ClFN8O/c16-11-6-10(17)3-2-9(11)7-24-8-19-14(23-24)21-13(26)12-20-15-18-4-1-5-25(15)22-12/h1-6,8H,7H2,(H,21,23,26). The van der Waals surface area contributed by atoms with Crippen LogP contribution in [0.2, 0.25) is 5.02 Å². The fraction of sp³-hybridized carbons (Fsp3) is 0.0667. The van der Waals surface area contributed by atoms with Crippen molar-refractivity contribution in [3.8, 4) is 0 Å². The minimum Gasteiger partial charge on any atom is -0.286 e. The first-order valence-electron chi connectivity index (χ1n) is 7.40. The molecule has 0 bridgehead atoms. The molecule has 0 unspecified atom stereocenters. The highest BCUT2D eigenvalue weighted by molar-refractivity contribution is 6.31. The SMILES string of the molecule is O=C(Nc1ncn(Cc2ccc(F)cc2Cl)n1)c1nc2ncccn2n1. The summed E-state index contributed by atoms with van der Waals surface area (Å²) in [6.45, 7) is 0.276. The first kappa shape index (κ1) is 16.1. The van der Waals surface area contributed by atoms with E-state index in [0.717, 1.165) is 0 Å². The van der Waals surface area contributed by atoms with Gasteiger partial charge in [0.25, 0.3) is 11.7 Å². The van der Waals surface area contributed by atoms with Crippen LogP contribution in [0.25, 0.3) is 5.78 Å². The third kappa shape index (κ3) is 3.22. The molecule has 0 atom stereocenters. The topological polar surface area (TPSA) is 103 Å². The lowest BCUT2D eigenvalue weighted by Crippen LogP contribution is -2.15. The molecule has 3 aromatic heterocycles. The zero-order valence-electron chi connectivity index (χ0n) is 13.0. The highest BCUT2D eigenvalue weighted by Crippen LogP contribution is 2.18. The smallest absolute Gasteiger partial charge is 0.286 e. The van der Waals surface area contributed by atoms with Crippen molar-refractivity contribution in [1.29, 1.82) is 0 Å². The van der Waals surface area contributed by atoms with Crippen molar-refractivity contribution in [2.75, 3.05) is 5.32 Å². The van der Waals surface area contributed by atoms with Gasteiger partial charge in [0.15, 0.2) is 0 Å². The summed E-state index contributed by atoms with van der Waals surface area (Å²) in [6, 6.07) is 5.77. The van der Waals surface area contributed by atoms with Crippen LogP contribution in [0.5, 0.6) is 0 Å². The van der Waals surface area contributed by atoms with Crippen LogP contribution in [-0.4, -0.2) is 40.3 Å². The first-order chi connectivity index (χ1) is 12.6. The molecular weight excluding hydrogens is 363 g/mol. The number of hydrogen-bond donors (Lipinski definition) is 1. The van der Waals surface area contributed by atoms with Crippen molar-refractivity contribution in [3.63, 3.8) is 0 Å². The van der Waals surface area contributed by atoms with Crippen LogP contribution in [0, 0.1) is 5.82 Å². The first-order valence-corrected chi connectivity index (χ1v) is 7.78. The molecule has 1 aromatic carbocycles. The van der Waals surface area contributed by atoms with Gasteiger partial charge in [-0.25, -0.2) is 23.6 Å². The number of carbonyl (C=O) groups excluding carboxylic acids is 1. The van der Waals surface area contributed by atoms with Gasteiger partial charge in [0.1, 0.15) is 12.1 Å². The zero-order valence-corrected chi connectivity index (χ0v) is 13.8. The van der Waals surface area contributed by atoms with Gasteiger partial charge < -0.3 is 0 Å². The maximum absolute atomic E-state index is 13.1. The lowest BCUT2D eigenvalue weighted by atomic mass is 10.2. The lowest BCUT2D eigenvalue weighted by Gasteiger charge is -2.03. The van der Waals surface area contributed by atoms with Crippen LogP contribution in [-0.2, 0) is 6.54 Å². The third-order valence-electron chi connectivity index (χ3n) is 3.43. The summed E-state index contributed by atoms with van der Waals surface area (Å²) in [5.41, 5.74) is 0.670. The van der Waals surface area contributed by atoms with Gasteiger partial charge in [0, 0.05) is 17.4 Å². The fourth-order valence-corrected chi connectivity index (χ4v) is 2.47. The Morgan fingerprint density at radius 1 is 1.27 bits per heavy atom. The number of halogens is 2. The second-order valence-corrected chi connectivity index (χ2v) is 5.66. The van der Waals surface area contributed by atoms with E-state index in [9.17, 15) is 9.18 Å². The summed E-state index contributed by atoms with van der Waals surface area (Å²) in [5, 5.41) is 10.9. The van der Waals surface area contributed by atoms with Crippen molar-refractivity contribution in [3.05, 3.63) is 65.2 Å². The zero-order chi connectivity index (χ0) is 18.1. The Morgan fingerprint density at radius 2 is 2.15 bits per heavy atom. The molecule has 4 rings (SSSR count). The van der Waals surface area contributed by atoms with Gasteiger partial charge in [-0.05, 0) is 23.8 Å². The summed E-state index contributed by atoms with van der Waals surface area (Å²) in [7, 11) is 0. The quantitative estimate of drug-likeness (QED) is 0.586. The number of amides is 1. The van der Waals surface area contributed by atoms with Crippen LogP contribution in [0.1, 0.15) is 16.2 Å². The van der Waals surface area contributed by atoms with E-state index in [0.29, 0.717) is 11.3 Å². The van der Waals surface area contributed by atoms with Crippen LogP contribution in [0.4, 0.5) is 10.3 Å². The molecule has 1 N–H and O–H groups in total. The number of rotatable bonds is 4. The largest absolute Gasteiger partial charge is 0.297 e. The second-order valence-electron chi connectivity index (χ2n) is 5.26. The predicted octanol–water partition coefficient (Wildman–Crippen LogP) is 1.81. The van der Waals surface area contributed by atoms with E-state index in [2.05, 4.69) is 30.5 Å². The Morgan fingerprint density at radius 3 is 2.96 bits per heavy atom. The van der Waals surface area contributed by atoms with E-state index in [-0.39, 0.29) is 23.3 Å². The van der Waals surface area contributed by atoms with Crippen molar-refractivity contribution in [2.24, 2.45) is 0 Å². The number of fused-ring (bicyclic) bond motifs is 1. The molecule has 0 aliphatic rings. The maximum Gasteiger partial charge on any atom is 0.297 e. The molecule has 0 saturated heterocycles. The molecule has 0 aliphatic heterocycles. The van der Waals surface area contributed by atoms with Gasteiger partial charge in [-0.3, -0.25) is 10.1 Å². The Labute approximate surface area is 150 Å². The second kappa shape index (κ2) is 6.48. The van der Waals surface area contributed by atoms with Gasteiger partial charge >= 0.3 is 0 Å². The van der Waals surface area contributed by atoms with E-state index < -0.39 is 11.7 Å². The van der Waals surface area contributed by atoms with Crippen LogP contribution < -0.4 is 5.32 Å².